The lowest BCUT2D eigenvalue weighted by atomic mass is 10.2. The number of aromatic nitrogens is 2. The molecule has 0 unspecified atom stereocenters. The van der Waals surface area contributed by atoms with Gasteiger partial charge in [0.25, 0.3) is 0 Å². The highest BCUT2D eigenvalue weighted by Crippen LogP contribution is 2.17. The maximum Gasteiger partial charge on any atom is 0.219 e. The number of hydrazine groups is 1. The van der Waals surface area contributed by atoms with Crippen LogP contribution in [0.25, 0.3) is 0 Å². The maximum absolute atomic E-state index is 5.65. The number of anilines is 1. The third-order valence-corrected chi connectivity index (χ3v) is 2.94. The first-order valence-electron chi connectivity index (χ1n) is 5.92. The topological polar surface area (TPSA) is 82.3 Å². The Hall–Kier alpha value is -1.70. The zero-order chi connectivity index (χ0) is 14.4. The SMILES string of the molecule is COCc1nc(NN)cc(OCc2cccc(Br)c2)n1. The fourth-order valence-corrected chi connectivity index (χ4v) is 2.04. The number of nitrogens with two attached hydrogens (primary N) is 1. The molecular weight excluding hydrogens is 324 g/mol. The predicted molar refractivity (Wildman–Crippen MR) is 79.0 cm³/mol. The normalized spacial score (nSPS) is 10.3. The van der Waals surface area contributed by atoms with Crippen molar-refractivity contribution in [1.29, 1.82) is 0 Å². The molecule has 6 nitrogen and oxygen atoms in total. The largest absolute Gasteiger partial charge is 0.473 e. The molecule has 7 heteroatoms. The molecule has 0 amide bonds. The van der Waals surface area contributed by atoms with Crippen LogP contribution in [0.2, 0.25) is 0 Å². The first-order chi connectivity index (χ1) is 9.71. The van der Waals surface area contributed by atoms with Gasteiger partial charge in [-0.3, -0.25) is 0 Å². The molecule has 0 bridgehead atoms. The summed E-state index contributed by atoms with van der Waals surface area (Å²) in [5.74, 6) is 6.80. The molecule has 0 fully saturated rings. The minimum atomic E-state index is 0.294. The van der Waals surface area contributed by atoms with Crippen LogP contribution in [0.5, 0.6) is 5.88 Å². The van der Waals surface area contributed by atoms with E-state index in [1.54, 1.807) is 13.2 Å². The molecule has 0 radical (unpaired) electrons. The zero-order valence-electron chi connectivity index (χ0n) is 11.0. The number of rotatable bonds is 6. The van der Waals surface area contributed by atoms with Gasteiger partial charge in [-0.05, 0) is 17.7 Å². The van der Waals surface area contributed by atoms with E-state index in [4.69, 9.17) is 15.3 Å². The highest BCUT2D eigenvalue weighted by Gasteiger charge is 2.05. The van der Waals surface area contributed by atoms with Crippen LogP contribution < -0.4 is 16.0 Å². The van der Waals surface area contributed by atoms with Crippen molar-refractivity contribution in [3.8, 4) is 5.88 Å². The summed E-state index contributed by atoms with van der Waals surface area (Å²) in [5, 5.41) is 0. The second kappa shape index (κ2) is 7.18. The smallest absolute Gasteiger partial charge is 0.219 e. The van der Waals surface area contributed by atoms with Gasteiger partial charge >= 0.3 is 0 Å². The molecule has 1 aromatic heterocycles. The van der Waals surface area contributed by atoms with Crippen LogP contribution in [-0.4, -0.2) is 17.1 Å². The Morgan fingerprint density at radius 3 is 2.80 bits per heavy atom. The van der Waals surface area contributed by atoms with Crippen LogP contribution in [0.15, 0.2) is 34.8 Å². The minimum absolute atomic E-state index is 0.294. The summed E-state index contributed by atoms with van der Waals surface area (Å²) >= 11 is 3.42. The summed E-state index contributed by atoms with van der Waals surface area (Å²) in [4.78, 5) is 8.39. The van der Waals surface area contributed by atoms with Crippen molar-refractivity contribution < 1.29 is 9.47 Å². The van der Waals surface area contributed by atoms with E-state index in [0.717, 1.165) is 10.0 Å². The number of ether oxygens (including phenoxy) is 2. The lowest BCUT2D eigenvalue weighted by molar-refractivity contribution is 0.176. The molecule has 0 spiro atoms. The highest BCUT2D eigenvalue weighted by atomic mass is 79.9. The van der Waals surface area contributed by atoms with Gasteiger partial charge in [0.2, 0.25) is 5.88 Å². The minimum Gasteiger partial charge on any atom is -0.473 e. The molecule has 20 heavy (non-hydrogen) atoms. The summed E-state index contributed by atoms with van der Waals surface area (Å²) in [6.45, 7) is 0.704. The van der Waals surface area contributed by atoms with E-state index < -0.39 is 0 Å². The molecule has 1 heterocycles. The predicted octanol–water partition coefficient (Wildman–Crippen LogP) is 2.25. The van der Waals surface area contributed by atoms with Gasteiger partial charge in [0.15, 0.2) is 5.82 Å². The third kappa shape index (κ3) is 4.16. The molecule has 2 aromatic rings. The van der Waals surface area contributed by atoms with Crippen molar-refractivity contribution in [2.24, 2.45) is 5.84 Å². The van der Waals surface area contributed by atoms with Gasteiger partial charge < -0.3 is 14.9 Å². The lowest BCUT2D eigenvalue weighted by Crippen LogP contribution is -2.11. The Kier molecular flexibility index (Phi) is 5.28. The average Bonchev–Trinajstić information content (AvgIpc) is 2.45. The van der Waals surface area contributed by atoms with Crippen molar-refractivity contribution in [2.45, 2.75) is 13.2 Å². The van der Waals surface area contributed by atoms with Crippen molar-refractivity contribution >= 4 is 21.7 Å². The number of hydrogen-bond acceptors (Lipinski definition) is 6. The van der Waals surface area contributed by atoms with Crippen molar-refractivity contribution in [3.05, 3.63) is 46.2 Å². The summed E-state index contributed by atoms with van der Waals surface area (Å²) in [6, 6.07) is 9.51. The van der Waals surface area contributed by atoms with Crippen LogP contribution in [0.4, 0.5) is 5.82 Å². The van der Waals surface area contributed by atoms with Gasteiger partial charge in [-0.1, -0.05) is 28.1 Å². The lowest BCUT2D eigenvalue weighted by Gasteiger charge is -2.09. The molecule has 0 saturated carbocycles. The number of nitrogens with zero attached hydrogens (tertiary/aromatic N) is 2. The summed E-state index contributed by atoms with van der Waals surface area (Å²) in [7, 11) is 1.58. The summed E-state index contributed by atoms with van der Waals surface area (Å²) in [5.41, 5.74) is 3.51. The van der Waals surface area contributed by atoms with Gasteiger partial charge in [0, 0.05) is 17.6 Å². The fraction of sp³-hybridized carbons (Fsp3) is 0.231. The molecule has 0 aliphatic heterocycles. The van der Waals surface area contributed by atoms with E-state index in [1.165, 1.54) is 0 Å². The number of hydrogen-bond donors (Lipinski definition) is 2. The number of nitrogens with one attached hydrogen (secondary N) is 1. The van der Waals surface area contributed by atoms with Crippen LogP contribution in [0.1, 0.15) is 11.4 Å². The molecular formula is C13H15BrN4O2. The van der Waals surface area contributed by atoms with Crippen LogP contribution >= 0.6 is 15.9 Å². The monoisotopic (exact) mass is 338 g/mol. The fourth-order valence-electron chi connectivity index (χ4n) is 1.60. The number of nitrogen functional groups attached to an aromatic ring is 1. The molecule has 106 valence electrons. The Bertz CT molecular complexity index is 580. The standard InChI is InChI=1S/C13H15BrN4O2/c1-19-8-12-16-11(18-15)6-13(17-12)20-7-9-3-2-4-10(14)5-9/h2-6H,7-8,15H2,1H3,(H,16,17,18). The number of methoxy groups -OCH3 is 1. The Morgan fingerprint density at radius 1 is 1.25 bits per heavy atom. The quantitative estimate of drug-likeness (QED) is 0.621. The number of benzene rings is 1. The van der Waals surface area contributed by atoms with E-state index >= 15 is 0 Å². The third-order valence-electron chi connectivity index (χ3n) is 2.45. The van der Waals surface area contributed by atoms with E-state index in [1.807, 2.05) is 24.3 Å². The molecule has 3 N–H and O–H groups in total. The van der Waals surface area contributed by atoms with Crippen molar-refractivity contribution in [3.63, 3.8) is 0 Å². The molecule has 0 aliphatic rings. The van der Waals surface area contributed by atoms with Crippen molar-refractivity contribution in [2.75, 3.05) is 12.5 Å². The van der Waals surface area contributed by atoms with E-state index in [9.17, 15) is 0 Å². The van der Waals surface area contributed by atoms with E-state index in [-0.39, 0.29) is 0 Å². The van der Waals surface area contributed by atoms with E-state index in [0.29, 0.717) is 30.7 Å². The van der Waals surface area contributed by atoms with E-state index in [2.05, 4.69) is 31.3 Å². The van der Waals surface area contributed by atoms with Crippen LogP contribution in [-0.2, 0) is 18.0 Å². The van der Waals surface area contributed by atoms with Gasteiger partial charge in [0.05, 0.1) is 0 Å². The summed E-state index contributed by atoms with van der Waals surface area (Å²) < 4.78 is 11.7. The molecule has 2 rings (SSSR count). The van der Waals surface area contributed by atoms with Gasteiger partial charge in [0.1, 0.15) is 19.0 Å². The Balaban J connectivity index is 2.10. The van der Waals surface area contributed by atoms with Crippen LogP contribution in [0, 0.1) is 0 Å². The Morgan fingerprint density at radius 2 is 2.10 bits per heavy atom. The van der Waals surface area contributed by atoms with Gasteiger partial charge in [-0.15, -0.1) is 0 Å². The zero-order valence-corrected chi connectivity index (χ0v) is 12.6. The summed E-state index contributed by atoms with van der Waals surface area (Å²) in [6.07, 6.45) is 0. The molecule has 0 aliphatic carbocycles. The second-order valence-electron chi connectivity index (χ2n) is 4.00. The first kappa shape index (κ1) is 14.7. The molecule has 0 saturated heterocycles. The first-order valence-corrected chi connectivity index (χ1v) is 6.71. The van der Waals surface area contributed by atoms with Gasteiger partial charge in [-0.2, -0.15) is 4.98 Å². The average molecular weight is 339 g/mol. The van der Waals surface area contributed by atoms with Gasteiger partial charge in [-0.25, -0.2) is 10.8 Å². The second-order valence-corrected chi connectivity index (χ2v) is 4.92. The highest BCUT2D eigenvalue weighted by molar-refractivity contribution is 9.10. The molecule has 1 aromatic carbocycles. The number of halogens is 1. The van der Waals surface area contributed by atoms with Crippen LogP contribution in [0.3, 0.4) is 0 Å². The maximum atomic E-state index is 5.65. The van der Waals surface area contributed by atoms with Crippen molar-refractivity contribution in [1.82, 2.24) is 9.97 Å². The molecule has 0 atom stereocenters. The Labute approximate surface area is 125 Å².